The zero-order valence-corrected chi connectivity index (χ0v) is 14.0. The van der Waals surface area contributed by atoms with Crippen molar-refractivity contribution in [1.82, 2.24) is 9.55 Å². The molecule has 3 aromatic rings. The average molecular weight is 335 g/mol. The second kappa shape index (κ2) is 5.32. The molecule has 21 heavy (non-hydrogen) atoms. The van der Waals surface area contributed by atoms with Crippen LogP contribution in [0.25, 0.3) is 20.7 Å². The summed E-state index contributed by atoms with van der Waals surface area (Å²) in [5.74, 6) is 0.638. The molecule has 0 aliphatic rings. The molecule has 2 N–H and O–H groups in total. The number of hydrogen-bond acceptors (Lipinski definition) is 5. The molecule has 7 heteroatoms. The van der Waals surface area contributed by atoms with Crippen molar-refractivity contribution in [2.24, 2.45) is 5.73 Å². The molecule has 0 saturated heterocycles. The molecule has 0 radical (unpaired) electrons. The number of thiophene rings is 2. The Balaban J connectivity index is 2.38. The van der Waals surface area contributed by atoms with Gasteiger partial charge in [-0.15, -0.1) is 22.7 Å². The lowest BCUT2D eigenvalue weighted by Crippen LogP contribution is -2.29. The third kappa shape index (κ3) is 2.41. The summed E-state index contributed by atoms with van der Waals surface area (Å²) in [5.41, 5.74) is 6.51. The molecule has 0 amide bonds. The van der Waals surface area contributed by atoms with Crippen LogP contribution in [0.5, 0.6) is 0 Å². The van der Waals surface area contributed by atoms with Gasteiger partial charge in [-0.25, -0.2) is 4.98 Å². The van der Waals surface area contributed by atoms with E-state index < -0.39 is 0 Å². The quantitative estimate of drug-likeness (QED) is 0.747. The van der Waals surface area contributed by atoms with Crippen LogP contribution in [-0.2, 0) is 6.54 Å². The summed E-state index contributed by atoms with van der Waals surface area (Å²) in [5, 5.41) is 2.68. The van der Waals surface area contributed by atoms with Crippen LogP contribution < -0.4 is 11.3 Å². The Morgan fingerprint density at radius 2 is 2.24 bits per heavy atom. The standard InChI is InChI=1S/C14H13N3OS3/c1-7-11(9-4-3-5-20-9)12-13(21-7)16-8(2)17(14(12)18)6-10(15)19/h3-5H,6H2,1-2H3,(H2,15,19). The minimum Gasteiger partial charge on any atom is -0.392 e. The van der Waals surface area contributed by atoms with Gasteiger partial charge in [0.05, 0.1) is 16.9 Å². The molecule has 0 unspecified atom stereocenters. The van der Waals surface area contributed by atoms with E-state index in [0.717, 1.165) is 20.1 Å². The highest BCUT2D eigenvalue weighted by molar-refractivity contribution is 7.80. The van der Waals surface area contributed by atoms with Crippen LogP contribution in [0.3, 0.4) is 0 Å². The lowest BCUT2D eigenvalue weighted by Gasteiger charge is -2.08. The van der Waals surface area contributed by atoms with E-state index in [1.807, 2.05) is 24.4 Å². The van der Waals surface area contributed by atoms with Crippen LogP contribution in [0.2, 0.25) is 0 Å². The Bertz CT molecular complexity index is 890. The summed E-state index contributed by atoms with van der Waals surface area (Å²) in [4.78, 5) is 20.6. The molecule has 3 rings (SSSR count). The maximum atomic E-state index is 12.8. The maximum Gasteiger partial charge on any atom is 0.263 e. The van der Waals surface area contributed by atoms with E-state index in [1.165, 1.54) is 0 Å². The molecule has 0 aromatic carbocycles. The summed E-state index contributed by atoms with van der Waals surface area (Å²) in [6, 6.07) is 4.01. The third-order valence-corrected chi connectivity index (χ3v) is 5.28. The number of nitrogens with zero attached hydrogens (tertiary/aromatic N) is 2. The minimum atomic E-state index is -0.0712. The van der Waals surface area contributed by atoms with E-state index in [1.54, 1.807) is 34.2 Å². The van der Waals surface area contributed by atoms with Crippen molar-refractivity contribution in [1.29, 1.82) is 0 Å². The maximum absolute atomic E-state index is 12.8. The summed E-state index contributed by atoms with van der Waals surface area (Å²) in [6.07, 6.45) is 0. The highest BCUT2D eigenvalue weighted by Crippen LogP contribution is 2.37. The molecule has 3 aromatic heterocycles. The minimum absolute atomic E-state index is 0.0712. The number of aromatic nitrogens is 2. The van der Waals surface area contributed by atoms with Crippen LogP contribution in [-0.4, -0.2) is 14.5 Å². The van der Waals surface area contributed by atoms with E-state index >= 15 is 0 Å². The van der Waals surface area contributed by atoms with Gasteiger partial charge in [0.25, 0.3) is 5.56 Å². The smallest absolute Gasteiger partial charge is 0.263 e. The number of aryl methyl sites for hydroxylation is 2. The van der Waals surface area contributed by atoms with Gasteiger partial charge in [-0.3, -0.25) is 9.36 Å². The summed E-state index contributed by atoms with van der Waals surface area (Å²) in [6.45, 7) is 4.05. The Morgan fingerprint density at radius 3 is 2.86 bits per heavy atom. The van der Waals surface area contributed by atoms with Crippen molar-refractivity contribution >= 4 is 50.1 Å². The lowest BCUT2D eigenvalue weighted by atomic mass is 10.1. The zero-order chi connectivity index (χ0) is 15.1. The molecule has 3 heterocycles. The van der Waals surface area contributed by atoms with Crippen molar-refractivity contribution in [3.63, 3.8) is 0 Å². The molecular formula is C14H13N3OS3. The van der Waals surface area contributed by atoms with E-state index in [0.29, 0.717) is 11.2 Å². The summed E-state index contributed by atoms with van der Waals surface area (Å²) >= 11 is 8.11. The topological polar surface area (TPSA) is 60.9 Å². The van der Waals surface area contributed by atoms with Gasteiger partial charge >= 0.3 is 0 Å². The first kappa shape index (κ1) is 14.4. The first-order valence-corrected chi connectivity index (χ1v) is 8.42. The van der Waals surface area contributed by atoms with Crippen molar-refractivity contribution in [2.45, 2.75) is 20.4 Å². The fourth-order valence-corrected chi connectivity index (χ4v) is 4.46. The number of hydrogen-bond donors (Lipinski definition) is 1. The van der Waals surface area contributed by atoms with Gasteiger partial charge in [-0.1, -0.05) is 18.3 Å². The van der Waals surface area contributed by atoms with Crippen LogP contribution in [0.15, 0.2) is 22.3 Å². The van der Waals surface area contributed by atoms with Crippen LogP contribution in [0.1, 0.15) is 10.7 Å². The van der Waals surface area contributed by atoms with Gasteiger partial charge in [-0.2, -0.15) is 0 Å². The molecule has 0 atom stereocenters. The molecule has 0 aliphatic heterocycles. The summed E-state index contributed by atoms with van der Waals surface area (Å²) in [7, 11) is 0. The first-order valence-electron chi connectivity index (χ1n) is 6.31. The largest absolute Gasteiger partial charge is 0.392 e. The van der Waals surface area contributed by atoms with Crippen molar-refractivity contribution in [3.8, 4) is 10.4 Å². The highest BCUT2D eigenvalue weighted by atomic mass is 32.1. The van der Waals surface area contributed by atoms with Gasteiger partial charge in [0.15, 0.2) is 0 Å². The van der Waals surface area contributed by atoms with E-state index in [-0.39, 0.29) is 17.1 Å². The van der Waals surface area contributed by atoms with Gasteiger partial charge in [0.2, 0.25) is 0 Å². The predicted molar refractivity (Wildman–Crippen MR) is 93.5 cm³/mol. The number of rotatable bonds is 3. The van der Waals surface area contributed by atoms with Crippen LogP contribution >= 0.6 is 34.9 Å². The Morgan fingerprint density at radius 1 is 1.48 bits per heavy atom. The second-order valence-corrected chi connectivity index (χ2v) is 7.38. The highest BCUT2D eigenvalue weighted by Gasteiger charge is 2.19. The Kier molecular flexibility index (Phi) is 3.64. The molecule has 0 bridgehead atoms. The summed E-state index contributed by atoms with van der Waals surface area (Å²) < 4.78 is 1.55. The van der Waals surface area contributed by atoms with Gasteiger partial charge < -0.3 is 5.73 Å². The van der Waals surface area contributed by atoms with Crippen molar-refractivity contribution < 1.29 is 0 Å². The molecule has 0 saturated carbocycles. The SMILES string of the molecule is Cc1sc2nc(C)n(CC(N)=S)c(=O)c2c1-c1cccs1. The molecule has 0 spiro atoms. The normalized spacial score (nSPS) is 11.1. The fraction of sp³-hybridized carbons (Fsp3) is 0.214. The predicted octanol–water partition coefficient (Wildman–Crippen LogP) is 3.09. The monoisotopic (exact) mass is 335 g/mol. The van der Waals surface area contributed by atoms with Gasteiger partial charge in [0, 0.05) is 15.3 Å². The van der Waals surface area contributed by atoms with Gasteiger partial charge in [-0.05, 0) is 25.3 Å². The Labute approximate surface area is 134 Å². The number of nitrogens with two attached hydrogens (primary N) is 1. The van der Waals surface area contributed by atoms with Crippen molar-refractivity contribution in [3.05, 3.63) is 38.6 Å². The van der Waals surface area contributed by atoms with Crippen LogP contribution in [0, 0.1) is 13.8 Å². The van der Waals surface area contributed by atoms with Crippen LogP contribution in [0.4, 0.5) is 0 Å². The fourth-order valence-electron chi connectivity index (χ4n) is 2.36. The first-order chi connectivity index (χ1) is 9.99. The van der Waals surface area contributed by atoms with Gasteiger partial charge in [0.1, 0.15) is 10.7 Å². The number of fused-ring (bicyclic) bond motifs is 1. The molecular weight excluding hydrogens is 322 g/mol. The van der Waals surface area contributed by atoms with E-state index in [2.05, 4.69) is 4.98 Å². The van der Waals surface area contributed by atoms with E-state index in [9.17, 15) is 4.79 Å². The Hall–Kier alpha value is -1.57. The molecule has 4 nitrogen and oxygen atoms in total. The zero-order valence-electron chi connectivity index (χ0n) is 11.5. The molecule has 0 aliphatic carbocycles. The molecule has 108 valence electrons. The number of thiocarbonyl (C=S) groups is 1. The average Bonchev–Trinajstić information content (AvgIpc) is 3.01. The second-order valence-electron chi connectivity index (χ2n) is 4.71. The molecule has 0 fully saturated rings. The van der Waals surface area contributed by atoms with Crippen molar-refractivity contribution in [2.75, 3.05) is 0 Å². The third-order valence-electron chi connectivity index (χ3n) is 3.26. The van der Waals surface area contributed by atoms with E-state index in [4.69, 9.17) is 18.0 Å². The lowest BCUT2D eigenvalue weighted by molar-refractivity contribution is 0.753.